The number of hydrogen-bond acceptors (Lipinski definition) is 3. The van der Waals surface area contributed by atoms with Gasteiger partial charge in [-0.25, -0.2) is 9.59 Å². The van der Waals surface area contributed by atoms with Crippen LogP contribution in [-0.2, 0) is 4.74 Å². The summed E-state index contributed by atoms with van der Waals surface area (Å²) < 4.78 is 4.79. The highest BCUT2D eigenvalue weighted by molar-refractivity contribution is 14.1. The first-order chi connectivity index (χ1) is 6.95. The minimum atomic E-state index is -0.795. The number of hydrogen-bond donors (Lipinski definition) is 0. The molecule has 1 aromatic rings. The number of carbonyl (C=O) groups excluding carboxylic acids is 2. The van der Waals surface area contributed by atoms with Crippen LogP contribution in [0.2, 0.25) is 15.1 Å². The topological polar surface area (TPSA) is 43.4 Å². The van der Waals surface area contributed by atoms with Gasteiger partial charge in [-0.05, 0) is 22.6 Å². The quantitative estimate of drug-likeness (QED) is 0.228. The molecule has 0 saturated carbocycles. The summed E-state index contributed by atoms with van der Waals surface area (Å²) in [4.78, 5) is 22.6. The smallest absolute Gasteiger partial charge is 0.348 e. The zero-order chi connectivity index (χ0) is 11.3. The monoisotopic (exact) mass is 376 g/mol. The van der Waals surface area contributed by atoms with E-state index in [-0.39, 0.29) is 26.2 Å². The van der Waals surface area contributed by atoms with Gasteiger partial charge in [0.1, 0.15) is 0 Å². The molecule has 0 fully saturated rings. The Hall–Kier alpha value is -0.0400. The van der Waals surface area contributed by atoms with Gasteiger partial charge in [-0.3, -0.25) is 0 Å². The summed E-state index contributed by atoms with van der Waals surface area (Å²) in [5.41, 5.74) is 0.0699. The second-order valence-electron chi connectivity index (χ2n) is 2.68. The number of halogens is 4. The molecule has 2 rings (SSSR count). The predicted octanol–water partition coefficient (Wildman–Crippen LogP) is 3.56. The Balaban J connectivity index is 2.92. The van der Waals surface area contributed by atoms with E-state index < -0.39 is 11.9 Å². The summed E-state index contributed by atoms with van der Waals surface area (Å²) in [6, 6.07) is 0. The number of rotatable bonds is 0. The fourth-order valence-electron chi connectivity index (χ4n) is 1.20. The van der Waals surface area contributed by atoms with E-state index in [9.17, 15) is 9.59 Å². The molecule has 0 amide bonds. The summed E-state index contributed by atoms with van der Waals surface area (Å²) in [5.74, 6) is -1.55. The average molecular weight is 377 g/mol. The number of esters is 2. The van der Waals surface area contributed by atoms with Gasteiger partial charge in [-0.2, -0.15) is 0 Å². The highest BCUT2D eigenvalue weighted by Gasteiger charge is 2.37. The predicted molar refractivity (Wildman–Crippen MR) is 63.9 cm³/mol. The number of ether oxygens (including phenoxy) is 1. The van der Waals surface area contributed by atoms with E-state index in [2.05, 4.69) is 4.74 Å². The first kappa shape index (κ1) is 11.4. The lowest BCUT2D eigenvalue weighted by Crippen LogP contribution is -1.98. The van der Waals surface area contributed by atoms with Crippen molar-refractivity contribution in [3.05, 3.63) is 29.8 Å². The number of cyclic esters (lactones) is 2. The van der Waals surface area contributed by atoms with Crippen LogP contribution in [0.5, 0.6) is 0 Å². The van der Waals surface area contributed by atoms with E-state index in [1.165, 1.54) is 0 Å². The maximum absolute atomic E-state index is 11.3. The summed E-state index contributed by atoms with van der Waals surface area (Å²) in [6.07, 6.45) is 0. The zero-order valence-corrected chi connectivity index (χ0v) is 11.2. The third kappa shape index (κ3) is 1.54. The second-order valence-corrected chi connectivity index (χ2v) is 4.90. The first-order valence-corrected chi connectivity index (χ1v) is 5.79. The molecule has 0 spiro atoms. The van der Waals surface area contributed by atoms with Crippen molar-refractivity contribution in [2.45, 2.75) is 0 Å². The molecular formula is C8Cl3IO3. The van der Waals surface area contributed by atoms with Crippen molar-refractivity contribution in [3.8, 4) is 0 Å². The molecule has 7 heteroatoms. The van der Waals surface area contributed by atoms with Gasteiger partial charge in [-0.1, -0.05) is 34.8 Å². The van der Waals surface area contributed by atoms with E-state index in [0.29, 0.717) is 3.57 Å². The molecule has 0 aliphatic carbocycles. The van der Waals surface area contributed by atoms with Gasteiger partial charge in [0.25, 0.3) is 0 Å². The molecule has 1 heterocycles. The lowest BCUT2D eigenvalue weighted by Gasteiger charge is -2.05. The second kappa shape index (κ2) is 3.76. The number of fused-ring (bicyclic) bond motifs is 1. The fraction of sp³-hybridized carbons (Fsp3) is 0. The van der Waals surface area contributed by atoms with Gasteiger partial charge >= 0.3 is 11.9 Å². The number of benzene rings is 1. The van der Waals surface area contributed by atoms with Gasteiger partial charge in [0, 0.05) is 3.57 Å². The fourth-order valence-corrected chi connectivity index (χ4v) is 2.81. The Morgan fingerprint density at radius 3 is 2.00 bits per heavy atom. The highest BCUT2D eigenvalue weighted by Crippen LogP contribution is 2.42. The maximum Gasteiger partial charge on any atom is 0.348 e. The Labute approximate surface area is 113 Å². The SMILES string of the molecule is O=C1OC(=O)c2c(I)c(Cl)c(Cl)c(Cl)c21. The van der Waals surface area contributed by atoms with E-state index in [0.717, 1.165) is 0 Å². The molecule has 0 bridgehead atoms. The van der Waals surface area contributed by atoms with Crippen molar-refractivity contribution in [2.75, 3.05) is 0 Å². The number of carbonyl (C=O) groups is 2. The van der Waals surface area contributed by atoms with Gasteiger partial charge in [-0.15, -0.1) is 0 Å². The van der Waals surface area contributed by atoms with E-state index >= 15 is 0 Å². The van der Waals surface area contributed by atoms with Gasteiger partial charge in [0.15, 0.2) is 0 Å². The summed E-state index contributed by atoms with van der Waals surface area (Å²) in [6.45, 7) is 0. The Bertz CT molecular complexity index is 468. The van der Waals surface area contributed by atoms with E-state index in [4.69, 9.17) is 34.8 Å². The van der Waals surface area contributed by atoms with Crippen LogP contribution in [0.25, 0.3) is 0 Å². The molecular weight excluding hydrogens is 377 g/mol. The molecule has 0 aromatic heterocycles. The van der Waals surface area contributed by atoms with Crippen molar-refractivity contribution in [1.29, 1.82) is 0 Å². The Kier molecular flexibility index (Phi) is 2.87. The molecule has 15 heavy (non-hydrogen) atoms. The molecule has 3 nitrogen and oxygen atoms in total. The lowest BCUT2D eigenvalue weighted by molar-refractivity contribution is 0.0443. The molecule has 0 unspecified atom stereocenters. The molecule has 0 radical (unpaired) electrons. The average Bonchev–Trinajstić information content (AvgIpc) is 2.47. The van der Waals surface area contributed by atoms with Crippen molar-refractivity contribution < 1.29 is 14.3 Å². The third-order valence-corrected chi connectivity index (χ3v) is 4.59. The normalized spacial score (nSPS) is 14.1. The zero-order valence-electron chi connectivity index (χ0n) is 6.74. The van der Waals surface area contributed by atoms with Crippen LogP contribution in [0.1, 0.15) is 20.7 Å². The molecule has 1 aliphatic heterocycles. The van der Waals surface area contributed by atoms with Crippen molar-refractivity contribution in [3.63, 3.8) is 0 Å². The standard InChI is InChI=1S/C8Cl3IO3/c9-3-1-2(8(14)15-7(1)13)6(12)5(11)4(3)10. The minimum Gasteiger partial charge on any atom is -0.386 e. The molecule has 78 valence electrons. The summed E-state index contributed by atoms with van der Waals surface area (Å²) in [5, 5.41) is 0.147. The third-order valence-electron chi connectivity index (χ3n) is 1.86. The van der Waals surface area contributed by atoms with E-state index in [1.807, 2.05) is 22.6 Å². The van der Waals surface area contributed by atoms with Gasteiger partial charge in [0.05, 0.1) is 26.2 Å². The molecule has 0 saturated heterocycles. The van der Waals surface area contributed by atoms with Crippen LogP contribution in [0.15, 0.2) is 0 Å². The van der Waals surface area contributed by atoms with Gasteiger partial charge < -0.3 is 4.74 Å². The summed E-state index contributed by atoms with van der Waals surface area (Å²) >= 11 is 19.2. The van der Waals surface area contributed by atoms with Crippen molar-refractivity contribution in [1.82, 2.24) is 0 Å². The largest absolute Gasteiger partial charge is 0.386 e. The van der Waals surface area contributed by atoms with Gasteiger partial charge in [0.2, 0.25) is 0 Å². The van der Waals surface area contributed by atoms with Crippen LogP contribution in [0, 0.1) is 3.57 Å². The highest BCUT2D eigenvalue weighted by atomic mass is 127. The molecule has 0 N–H and O–H groups in total. The minimum absolute atomic E-state index is 0.0135. The molecule has 1 aromatic carbocycles. The maximum atomic E-state index is 11.3. The van der Waals surface area contributed by atoms with Crippen LogP contribution in [0.3, 0.4) is 0 Å². The first-order valence-electron chi connectivity index (χ1n) is 3.57. The Morgan fingerprint density at radius 2 is 1.40 bits per heavy atom. The van der Waals surface area contributed by atoms with Crippen LogP contribution < -0.4 is 0 Å². The van der Waals surface area contributed by atoms with Crippen molar-refractivity contribution >= 4 is 69.3 Å². The summed E-state index contributed by atoms with van der Waals surface area (Å²) in [7, 11) is 0. The van der Waals surface area contributed by atoms with Crippen LogP contribution >= 0.6 is 57.4 Å². The van der Waals surface area contributed by atoms with Crippen molar-refractivity contribution in [2.24, 2.45) is 0 Å². The Morgan fingerprint density at radius 1 is 0.867 bits per heavy atom. The molecule has 0 atom stereocenters. The van der Waals surface area contributed by atoms with Crippen LogP contribution in [-0.4, -0.2) is 11.9 Å². The lowest BCUT2D eigenvalue weighted by atomic mass is 10.1. The van der Waals surface area contributed by atoms with E-state index in [1.54, 1.807) is 0 Å². The van der Waals surface area contributed by atoms with Crippen LogP contribution in [0.4, 0.5) is 0 Å². The molecule has 1 aliphatic rings.